The first-order valence-corrected chi connectivity index (χ1v) is 9.49. The van der Waals surface area contributed by atoms with E-state index < -0.39 is 11.5 Å². The predicted octanol–water partition coefficient (Wildman–Crippen LogP) is 1.74. The third-order valence-electron chi connectivity index (χ3n) is 4.91. The molecule has 0 aliphatic heterocycles. The lowest BCUT2D eigenvalue weighted by Gasteiger charge is -2.08. The average Bonchev–Trinajstić information content (AvgIpc) is 3.12. The SMILES string of the molecule is Nc1[nH+]c(-c2ccc(F)cc2)c(-c2ccnnc2)c2nn(Cc3ccc(F)cn3)c(=O)n12. The van der Waals surface area contributed by atoms with Gasteiger partial charge in [-0.3, -0.25) is 10.7 Å². The fourth-order valence-electron chi connectivity index (χ4n) is 3.45. The van der Waals surface area contributed by atoms with Crippen LogP contribution in [0, 0.1) is 11.6 Å². The highest BCUT2D eigenvalue weighted by molar-refractivity contribution is 5.88. The Labute approximate surface area is 178 Å². The zero-order chi connectivity index (χ0) is 22.2. The minimum absolute atomic E-state index is 0.0140. The van der Waals surface area contributed by atoms with Crippen molar-refractivity contribution in [1.82, 2.24) is 29.4 Å². The van der Waals surface area contributed by atoms with Crippen molar-refractivity contribution >= 4 is 11.6 Å². The molecule has 0 unspecified atom stereocenters. The molecule has 5 rings (SSSR count). The predicted molar refractivity (Wildman–Crippen MR) is 110 cm³/mol. The number of pyridine rings is 1. The number of H-pyrrole nitrogens is 1. The van der Waals surface area contributed by atoms with Gasteiger partial charge in [0.25, 0.3) is 0 Å². The summed E-state index contributed by atoms with van der Waals surface area (Å²) in [7, 11) is 0. The smallest absolute Gasteiger partial charge is 0.290 e. The van der Waals surface area contributed by atoms with Gasteiger partial charge in [-0.05, 0) is 42.5 Å². The molecule has 4 aromatic heterocycles. The molecule has 0 aliphatic carbocycles. The van der Waals surface area contributed by atoms with Crippen molar-refractivity contribution in [3.63, 3.8) is 0 Å². The number of aromatic amines is 1. The molecule has 9 nitrogen and oxygen atoms in total. The van der Waals surface area contributed by atoms with E-state index in [2.05, 4.69) is 25.3 Å². The fourth-order valence-corrected chi connectivity index (χ4v) is 3.45. The Morgan fingerprint density at radius 2 is 1.72 bits per heavy atom. The van der Waals surface area contributed by atoms with Crippen LogP contribution in [0.4, 0.5) is 14.7 Å². The Morgan fingerprint density at radius 1 is 0.938 bits per heavy atom. The molecule has 0 atom stereocenters. The Kier molecular flexibility index (Phi) is 4.62. The number of halogens is 2. The normalized spacial score (nSPS) is 11.2. The van der Waals surface area contributed by atoms with Gasteiger partial charge >= 0.3 is 11.6 Å². The van der Waals surface area contributed by atoms with Crippen LogP contribution >= 0.6 is 0 Å². The number of nitrogens with one attached hydrogen (secondary N) is 1. The molecule has 5 aromatic rings. The maximum absolute atomic E-state index is 13.5. The first kappa shape index (κ1) is 19.4. The molecular weight excluding hydrogens is 418 g/mol. The van der Waals surface area contributed by atoms with Crippen LogP contribution in [0.2, 0.25) is 0 Å². The minimum atomic E-state index is -0.506. The highest BCUT2D eigenvalue weighted by Crippen LogP contribution is 2.31. The van der Waals surface area contributed by atoms with E-state index in [1.54, 1.807) is 18.2 Å². The van der Waals surface area contributed by atoms with Gasteiger partial charge in [0, 0.05) is 11.1 Å². The van der Waals surface area contributed by atoms with Crippen molar-refractivity contribution in [1.29, 1.82) is 0 Å². The standard InChI is InChI=1S/C21H14F2N8O/c22-14-3-1-12(2-4-14)18-17(13-7-8-26-27-9-13)19-29-30(21(32)31(19)20(24)28-18)11-16-6-5-15(23)10-25-16/h1-10H,11H2,(H2,24,28)/p+1. The third kappa shape index (κ3) is 3.35. The van der Waals surface area contributed by atoms with Crippen LogP contribution in [-0.4, -0.2) is 29.4 Å². The molecule has 0 amide bonds. The zero-order valence-corrected chi connectivity index (χ0v) is 16.4. The Hall–Kier alpha value is -4.54. The van der Waals surface area contributed by atoms with Gasteiger partial charge in [-0.1, -0.05) is 0 Å². The molecule has 1 aromatic carbocycles. The van der Waals surface area contributed by atoms with Crippen molar-refractivity contribution in [2.75, 3.05) is 5.73 Å². The van der Waals surface area contributed by atoms with Gasteiger partial charge in [-0.15, -0.1) is 9.50 Å². The van der Waals surface area contributed by atoms with Gasteiger partial charge in [0.1, 0.15) is 17.3 Å². The van der Waals surface area contributed by atoms with Gasteiger partial charge in [0.2, 0.25) is 5.65 Å². The van der Waals surface area contributed by atoms with E-state index >= 15 is 0 Å². The number of aromatic nitrogens is 7. The summed E-state index contributed by atoms with van der Waals surface area (Å²) in [5.74, 6) is -0.831. The van der Waals surface area contributed by atoms with Crippen LogP contribution in [-0.2, 0) is 6.54 Å². The summed E-state index contributed by atoms with van der Waals surface area (Å²) in [4.78, 5) is 20.1. The van der Waals surface area contributed by atoms with Crippen molar-refractivity contribution < 1.29 is 13.8 Å². The van der Waals surface area contributed by atoms with Crippen LogP contribution in [0.25, 0.3) is 28.0 Å². The molecule has 0 saturated heterocycles. The lowest BCUT2D eigenvalue weighted by molar-refractivity contribution is -0.351. The molecule has 4 heterocycles. The van der Waals surface area contributed by atoms with E-state index in [-0.39, 0.29) is 24.0 Å². The van der Waals surface area contributed by atoms with Gasteiger partial charge in [0.05, 0.1) is 36.4 Å². The number of hydrogen-bond donors (Lipinski definition) is 1. The monoisotopic (exact) mass is 433 g/mol. The van der Waals surface area contributed by atoms with Crippen molar-refractivity contribution in [2.45, 2.75) is 6.54 Å². The number of nitrogens with two attached hydrogens (primary N) is 1. The largest absolute Gasteiger partial charge is 0.411 e. The van der Waals surface area contributed by atoms with Crippen LogP contribution in [0.5, 0.6) is 0 Å². The summed E-state index contributed by atoms with van der Waals surface area (Å²) in [5.41, 5.74) is 8.71. The van der Waals surface area contributed by atoms with E-state index in [1.807, 2.05) is 0 Å². The maximum Gasteiger partial charge on any atom is 0.411 e. The van der Waals surface area contributed by atoms with Crippen LogP contribution in [0.3, 0.4) is 0 Å². The molecule has 0 aliphatic rings. The van der Waals surface area contributed by atoms with E-state index in [0.29, 0.717) is 28.1 Å². The van der Waals surface area contributed by atoms with Crippen LogP contribution in [0.15, 0.2) is 65.8 Å². The van der Waals surface area contributed by atoms with E-state index in [4.69, 9.17) is 5.73 Å². The molecular formula is C21H15F2N8O+. The molecule has 32 heavy (non-hydrogen) atoms. The van der Waals surface area contributed by atoms with Gasteiger partial charge in [0.15, 0.2) is 0 Å². The highest BCUT2D eigenvalue weighted by atomic mass is 19.1. The van der Waals surface area contributed by atoms with E-state index in [0.717, 1.165) is 6.20 Å². The quantitative estimate of drug-likeness (QED) is 0.461. The average molecular weight is 433 g/mol. The third-order valence-corrected chi connectivity index (χ3v) is 4.91. The van der Waals surface area contributed by atoms with E-state index in [9.17, 15) is 13.6 Å². The molecule has 11 heteroatoms. The minimum Gasteiger partial charge on any atom is -0.290 e. The Bertz CT molecular complexity index is 1480. The maximum atomic E-state index is 13.5. The second-order valence-electron chi connectivity index (χ2n) is 6.97. The number of nitrogen functional groups attached to an aromatic ring is 1. The van der Waals surface area contributed by atoms with Crippen LogP contribution < -0.4 is 16.4 Å². The van der Waals surface area contributed by atoms with Gasteiger partial charge < -0.3 is 0 Å². The van der Waals surface area contributed by atoms with Crippen molar-refractivity contribution in [3.05, 3.63) is 88.9 Å². The zero-order valence-electron chi connectivity index (χ0n) is 16.4. The van der Waals surface area contributed by atoms with Gasteiger partial charge in [-0.2, -0.15) is 14.9 Å². The lowest BCUT2D eigenvalue weighted by Crippen LogP contribution is -2.28. The van der Waals surface area contributed by atoms with Gasteiger partial charge in [-0.25, -0.2) is 18.6 Å². The summed E-state index contributed by atoms with van der Waals surface area (Å²) < 4.78 is 29.1. The summed E-state index contributed by atoms with van der Waals surface area (Å²) in [6.07, 6.45) is 4.10. The number of anilines is 1. The van der Waals surface area contributed by atoms with Crippen molar-refractivity contribution in [2.24, 2.45) is 0 Å². The van der Waals surface area contributed by atoms with Crippen molar-refractivity contribution in [3.8, 4) is 22.4 Å². The lowest BCUT2D eigenvalue weighted by atomic mass is 10.0. The number of hydrogen-bond acceptors (Lipinski definition) is 6. The molecule has 0 spiro atoms. The Balaban J connectivity index is 1.77. The summed E-state index contributed by atoms with van der Waals surface area (Å²) in [6, 6.07) is 10.3. The summed E-state index contributed by atoms with van der Waals surface area (Å²) in [6.45, 7) is 0.0140. The first-order valence-electron chi connectivity index (χ1n) is 9.49. The number of fused-ring (bicyclic) bond motifs is 1. The van der Waals surface area contributed by atoms with Crippen LogP contribution in [0.1, 0.15) is 5.69 Å². The summed E-state index contributed by atoms with van der Waals surface area (Å²) in [5, 5.41) is 12.2. The highest BCUT2D eigenvalue weighted by Gasteiger charge is 2.26. The number of benzene rings is 1. The molecule has 158 valence electrons. The molecule has 0 fully saturated rings. The summed E-state index contributed by atoms with van der Waals surface area (Å²) >= 11 is 0. The molecule has 0 saturated carbocycles. The molecule has 3 N–H and O–H groups in total. The van der Waals surface area contributed by atoms with E-state index in [1.165, 1.54) is 45.7 Å². The number of rotatable bonds is 4. The molecule has 0 bridgehead atoms. The first-order chi connectivity index (χ1) is 15.5. The number of nitrogens with zero attached hydrogens (tertiary/aromatic N) is 6. The molecule has 0 radical (unpaired) electrons. The fraction of sp³-hybridized carbons (Fsp3) is 0.0476. The topological polar surface area (TPSA) is 118 Å². The Morgan fingerprint density at radius 3 is 2.41 bits per heavy atom. The second-order valence-corrected chi connectivity index (χ2v) is 6.97. The second kappa shape index (κ2) is 7.61.